The van der Waals surface area contributed by atoms with Gasteiger partial charge in [-0.1, -0.05) is 23.7 Å². The zero-order valence-corrected chi connectivity index (χ0v) is 12.1. The number of pyridine rings is 1. The second-order valence-electron chi connectivity index (χ2n) is 4.35. The molecular formula is C14H12ClN3OS. The zero-order chi connectivity index (χ0) is 14.1. The first-order chi connectivity index (χ1) is 9.65. The number of halogens is 1. The van der Waals surface area contributed by atoms with Crippen molar-refractivity contribution in [3.8, 4) is 0 Å². The van der Waals surface area contributed by atoms with Gasteiger partial charge in [-0.15, -0.1) is 0 Å². The van der Waals surface area contributed by atoms with Crippen LogP contribution in [0.1, 0.15) is 5.69 Å². The van der Waals surface area contributed by atoms with Crippen LogP contribution in [0.15, 0.2) is 53.7 Å². The second-order valence-corrected chi connectivity index (χ2v) is 6.14. The molecule has 3 aromatic rings. The third kappa shape index (κ3) is 2.42. The van der Waals surface area contributed by atoms with Crippen LogP contribution in [-0.4, -0.2) is 13.6 Å². The van der Waals surface area contributed by atoms with Gasteiger partial charge in [-0.05, 0) is 24.3 Å². The van der Waals surface area contributed by atoms with E-state index < -0.39 is 10.8 Å². The van der Waals surface area contributed by atoms with Crippen LogP contribution in [0.5, 0.6) is 0 Å². The molecule has 0 amide bonds. The standard InChI is InChI=1S/C14H12ClN3OS/c15-11-4-3-5-12(16)14(11)20(19)9-10-8-18-7-2-1-6-13(18)17-10/h1-8H,9,16H2. The van der Waals surface area contributed by atoms with Gasteiger partial charge < -0.3 is 10.1 Å². The molecule has 6 heteroatoms. The number of hydrogen-bond donors (Lipinski definition) is 1. The van der Waals surface area contributed by atoms with Gasteiger partial charge in [0.2, 0.25) is 0 Å². The number of aromatic nitrogens is 2. The molecule has 0 aliphatic carbocycles. The van der Waals surface area contributed by atoms with E-state index in [0.29, 0.717) is 15.6 Å². The maximum Gasteiger partial charge on any atom is 0.137 e. The molecule has 20 heavy (non-hydrogen) atoms. The van der Waals surface area contributed by atoms with Crippen molar-refractivity contribution in [2.24, 2.45) is 0 Å². The molecule has 0 spiro atoms. The maximum absolute atomic E-state index is 12.4. The lowest BCUT2D eigenvalue weighted by Gasteiger charge is -2.06. The Bertz CT molecular complexity index is 747. The molecule has 3 rings (SSSR count). The van der Waals surface area contributed by atoms with Gasteiger partial charge in [0.1, 0.15) is 5.65 Å². The van der Waals surface area contributed by atoms with Crippen LogP contribution in [-0.2, 0) is 16.6 Å². The number of rotatable bonds is 3. The lowest BCUT2D eigenvalue weighted by Crippen LogP contribution is -2.02. The number of imidazole rings is 1. The molecule has 2 heterocycles. The molecule has 0 saturated heterocycles. The first kappa shape index (κ1) is 13.1. The molecule has 0 aliphatic heterocycles. The van der Waals surface area contributed by atoms with Crippen LogP contribution >= 0.6 is 11.6 Å². The number of anilines is 1. The van der Waals surface area contributed by atoms with E-state index in [2.05, 4.69) is 4.98 Å². The average Bonchev–Trinajstić information content (AvgIpc) is 2.80. The van der Waals surface area contributed by atoms with Crippen LogP contribution < -0.4 is 5.73 Å². The highest BCUT2D eigenvalue weighted by molar-refractivity contribution is 7.84. The van der Waals surface area contributed by atoms with Crippen molar-refractivity contribution in [3.63, 3.8) is 0 Å². The fourth-order valence-electron chi connectivity index (χ4n) is 2.03. The fourth-order valence-corrected chi connectivity index (χ4v) is 3.64. The molecule has 0 saturated carbocycles. The van der Waals surface area contributed by atoms with Gasteiger partial charge >= 0.3 is 0 Å². The lowest BCUT2D eigenvalue weighted by molar-refractivity contribution is 0.682. The van der Waals surface area contributed by atoms with Crippen molar-refractivity contribution in [1.82, 2.24) is 9.38 Å². The Kier molecular flexibility index (Phi) is 3.46. The molecule has 0 bridgehead atoms. The van der Waals surface area contributed by atoms with Gasteiger partial charge in [-0.2, -0.15) is 0 Å². The molecule has 2 N–H and O–H groups in total. The third-order valence-corrected chi connectivity index (χ3v) is 4.81. The number of nitrogens with zero attached hydrogens (tertiary/aromatic N) is 2. The molecule has 1 atom stereocenters. The molecular weight excluding hydrogens is 294 g/mol. The van der Waals surface area contributed by atoms with E-state index in [-0.39, 0.29) is 5.75 Å². The first-order valence-electron chi connectivity index (χ1n) is 6.00. The summed E-state index contributed by atoms with van der Waals surface area (Å²) in [5.41, 5.74) is 7.86. The van der Waals surface area contributed by atoms with Gasteiger partial charge in [0.05, 0.1) is 32.2 Å². The molecule has 1 aromatic carbocycles. The highest BCUT2D eigenvalue weighted by Gasteiger charge is 2.14. The van der Waals surface area contributed by atoms with Crippen molar-refractivity contribution >= 4 is 33.7 Å². The van der Waals surface area contributed by atoms with Crippen molar-refractivity contribution in [2.75, 3.05) is 5.73 Å². The number of benzene rings is 1. The van der Waals surface area contributed by atoms with E-state index in [9.17, 15) is 4.21 Å². The Morgan fingerprint density at radius 2 is 2.10 bits per heavy atom. The van der Waals surface area contributed by atoms with Crippen LogP contribution in [0.25, 0.3) is 5.65 Å². The molecule has 102 valence electrons. The fraction of sp³-hybridized carbons (Fsp3) is 0.0714. The van der Waals surface area contributed by atoms with Crippen LogP contribution in [0, 0.1) is 0 Å². The van der Waals surface area contributed by atoms with E-state index in [4.69, 9.17) is 17.3 Å². The van der Waals surface area contributed by atoms with E-state index >= 15 is 0 Å². The normalized spacial score (nSPS) is 12.7. The van der Waals surface area contributed by atoms with Crippen LogP contribution in [0.2, 0.25) is 5.02 Å². The molecule has 1 unspecified atom stereocenters. The minimum absolute atomic E-state index is 0.287. The second kappa shape index (κ2) is 5.26. The van der Waals surface area contributed by atoms with Gasteiger partial charge in [0.25, 0.3) is 0 Å². The first-order valence-corrected chi connectivity index (χ1v) is 7.70. The highest BCUT2D eigenvalue weighted by atomic mass is 35.5. The average molecular weight is 306 g/mol. The van der Waals surface area contributed by atoms with E-state index in [0.717, 1.165) is 11.3 Å². The molecule has 4 nitrogen and oxygen atoms in total. The largest absolute Gasteiger partial charge is 0.398 e. The Morgan fingerprint density at radius 3 is 2.85 bits per heavy atom. The van der Waals surface area contributed by atoms with Gasteiger partial charge in [-0.25, -0.2) is 4.98 Å². The van der Waals surface area contributed by atoms with Crippen molar-refractivity contribution in [2.45, 2.75) is 10.6 Å². The number of nitrogens with two attached hydrogens (primary N) is 1. The van der Waals surface area contributed by atoms with Crippen molar-refractivity contribution < 1.29 is 4.21 Å². The molecule has 0 aliphatic rings. The molecule has 0 fully saturated rings. The summed E-state index contributed by atoms with van der Waals surface area (Å²) in [5.74, 6) is 0.287. The van der Waals surface area contributed by atoms with Crippen molar-refractivity contribution in [3.05, 3.63) is 59.5 Å². The number of fused-ring (bicyclic) bond motifs is 1. The summed E-state index contributed by atoms with van der Waals surface area (Å²) in [6, 6.07) is 10.9. The van der Waals surface area contributed by atoms with Gasteiger partial charge in [-0.3, -0.25) is 4.21 Å². The quantitative estimate of drug-likeness (QED) is 0.757. The Morgan fingerprint density at radius 1 is 1.25 bits per heavy atom. The van der Waals surface area contributed by atoms with E-state index in [1.165, 1.54) is 0 Å². The smallest absolute Gasteiger partial charge is 0.137 e. The van der Waals surface area contributed by atoms with Crippen molar-refractivity contribution in [1.29, 1.82) is 0 Å². The summed E-state index contributed by atoms with van der Waals surface area (Å²) in [5, 5.41) is 0.423. The Hall–Kier alpha value is -1.85. The molecule has 0 radical (unpaired) electrons. The summed E-state index contributed by atoms with van der Waals surface area (Å²) >= 11 is 6.07. The molecule has 2 aromatic heterocycles. The minimum Gasteiger partial charge on any atom is -0.398 e. The number of hydrogen-bond acceptors (Lipinski definition) is 3. The summed E-state index contributed by atoms with van der Waals surface area (Å²) in [6.45, 7) is 0. The Balaban J connectivity index is 1.92. The predicted molar refractivity (Wildman–Crippen MR) is 81.2 cm³/mol. The lowest BCUT2D eigenvalue weighted by atomic mass is 10.3. The minimum atomic E-state index is -1.32. The highest BCUT2D eigenvalue weighted by Crippen LogP contribution is 2.27. The Labute approximate surface area is 123 Å². The van der Waals surface area contributed by atoms with Crippen LogP contribution in [0.4, 0.5) is 5.69 Å². The third-order valence-electron chi connectivity index (χ3n) is 2.92. The summed E-state index contributed by atoms with van der Waals surface area (Å²) in [7, 11) is -1.32. The monoisotopic (exact) mass is 305 g/mol. The summed E-state index contributed by atoms with van der Waals surface area (Å²) < 4.78 is 14.3. The van der Waals surface area contributed by atoms with E-state index in [1.54, 1.807) is 18.2 Å². The summed E-state index contributed by atoms with van der Waals surface area (Å²) in [6.07, 6.45) is 3.76. The maximum atomic E-state index is 12.4. The zero-order valence-electron chi connectivity index (χ0n) is 10.5. The van der Waals surface area contributed by atoms with Gasteiger partial charge in [0, 0.05) is 18.1 Å². The van der Waals surface area contributed by atoms with Gasteiger partial charge in [0.15, 0.2) is 0 Å². The predicted octanol–water partition coefficient (Wildman–Crippen LogP) is 2.88. The number of nitrogen functional groups attached to an aromatic ring is 1. The van der Waals surface area contributed by atoms with Crippen LogP contribution in [0.3, 0.4) is 0 Å². The summed E-state index contributed by atoms with van der Waals surface area (Å²) in [4.78, 5) is 4.90. The van der Waals surface area contributed by atoms with E-state index in [1.807, 2.05) is 35.0 Å². The topological polar surface area (TPSA) is 60.4 Å². The SMILES string of the molecule is Nc1cccc(Cl)c1S(=O)Cc1cn2ccccc2n1.